The molecular weight excluding hydrogens is 186 g/mol. The summed E-state index contributed by atoms with van der Waals surface area (Å²) in [5, 5.41) is 2.92. The number of hydrogen-bond donors (Lipinski definition) is 1. The van der Waals surface area contributed by atoms with E-state index in [1.165, 1.54) is 11.1 Å². The highest BCUT2D eigenvalue weighted by atomic mass is 16.1. The van der Waals surface area contributed by atoms with E-state index in [-0.39, 0.29) is 5.91 Å². The van der Waals surface area contributed by atoms with Crippen LogP contribution in [0.4, 0.5) is 0 Å². The van der Waals surface area contributed by atoms with Gasteiger partial charge in [0.15, 0.2) is 0 Å². The minimum Gasteiger partial charge on any atom is -0.352 e. The van der Waals surface area contributed by atoms with Gasteiger partial charge in [0.2, 0.25) is 0 Å². The Balaban J connectivity index is 2.51. The molecule has 0 saturated carbocycles. The molecule has 80 valence electrons. The lowest BCUT2D eigenvalue weighted by molar-refractivity contribution is 0.0944. The molecule has 1 aliphatic rings. The van der Waals surface area contributed by atoms with Crippen LogP contribution in [-0.2, 0) is 6.42 Å². The Morgan fingerprint density at radius 3 is 3.00 bits per heavy atom. The third kappa shape index (κ3) is 1.76. The molecule has 1 heterocycles. The third-order valence-electron chi connectivity index (χ3n) is 3.23. The molecule has 0 aromatic heterocycles. The Hall–Kier alpha value is -1.31. The van der Waals surface area contributed by atoms with Crippen molar-refractivity contribution in [1.29, 1.82) is 0 Å². The summed E-state index contributed by atoms with van der Waals surface area (Å²) in [6.07, 6.45) is 2.04. The first kappa shape index (κ1) is 10.2. The largest absolute Gasteiger partial charge is 0.352 e. The first-order chi connectivity index (χ1) is 7.24. The van der Waals surface area contributed by atoms with Gasteiger partial charge in [-0.3, -0.25) is 4.79 Å². The van der Waals surface area contributed by atoms with Crippen LogP contribution in [0.15, 0.2) is 18.2 Å². The Morgan fingerprint density at radius 2 is 2.27 bits per heavy atom. The van der Waals surface area contributed by atoms with E-state index in [0.717, 1.165) is 24.9 Å². The second kappa shape index (κ2) is 4.05. The van der Waals surface area contributed by atoms with Gasteiger partial charge >= 0.3 is 0 Å². The van der Waals surface area contributed by atoms with Crippen LogP contribution in [0.2, 0.25) is 0 Å². The monoisotopic (exact) mass is 203 g/mol. The van der Waals surface area contributed by atoms with Crippen LogP contribution in [0.25, 0.3) is 0 Å². The summed E-state index contributed by atoms with van der Waals surface area (Å²) in [4.78, 5) is 11.8. The lowest BCUT2D eigenvalue weighted by Crippen LogP contribution is -2.33. The molecule has 1 aromatic carbocycles. The molecule has 15 heavy (non-hydrogen) atoms. The molecule has 1 aliphatic heterocycles. The Bertz CT molecular complexity index is 384. The molecule has 0 bridgehead atoms. The van der Waals surface area contributed by atoms with Gasteiger partial charge < -0.3 is 5.32 Å². The van der Waals surface area contributed by atoms with Crippen molar-refractivity contribution in [2.75, 3.05) is 6.54 Å². The maximum Gasteiger partial charge on any atom is 0.251 e. The van der Waals surface area contributed by atoms with E-state index in [2.05, 4.69) is 37.4 Å². The second-order valence-corrected chi connectivity index (χ2v) is 4.20. The molecule has 0 spiro atoms. The van der Waals surface area contributed by atoms with Gasteiger partial charge in [0.1, 0.15) is 0 Å². The Kier molecular flexibility index (Phi) is 2.76. The lowest BCUT2D eigenvalue weighted by Gasteiger charge is -2.22. The quantitative estimate of drug-likeness (QED) is 0.786. The van der Waals surface area contributed by atoms with Crippen molar-refractivity contribution >= 4 is 5.91 Å². The van der Waals surface area contributed by atoms with Crippen molar-refractivity contribution in [3.63, 3.8) is 0 Å². The molecule has 2 nitrogen and oxygen atoms in total. The summed E-state index contributed by atoms with van der Waals surface area (Å²) >= 11 is 0. The number of amides is 1. The van der Waals surface area contributed by atoms with Gasteiger partial charge in [0.25, 0.3) is 5.91 Å². The van der Waals surface area contributed by atoms with Crippen LogP contribution in [0.5, 0.6) is 0 Å². The maximum atomic E-state index is 11.8. The van der Waals surface area contributed by atoms with Crippen molar-refractivity contribution in [3.05, 3.63) is 34.9 Å². The van der Waals surface area contributed by atoms with Crippen LogP contribution < -0.4 is 5.32 Å². The average Bonchev–Trinajstić information content (AvgIpc) is 2.28. The summed E-state index contributed by atoms with van der Waals surface area (Å²) in [7, 11) is 0. The molecule has 1 aromatic rings. The standard InChI is InChI=1S/C13H17NO/c1-3-9(2)11-6-4-5-10-7-8-14-13(15)12(10)11/h4-6,9H,3,7-8H2,1-2H3,(H,14,15). The molecule has 1 amide bonds. The van der Waals surface area contributed by atoms with Crippen LogP contribution in [0.1, 0.15) is 47.7 Å². The minimum atomic E-state index is 0.104. The van der Waals surface area contributed by atoms with E-state index in [9.17, 15) is 4.79 Å². The van der Waals surface area contributed by atoms with Crippen LogP contribution in [0, 0.1) is 0 Å². The SMILES string of the molecule is CCC(C)c1cccc2c1C(=O)NCC2. The van der Waals surface area contributed by atoms with Crippen LogP contribution in [0.3, 0.4) is 0 Å². The van der Waals surface area contributed by atoms with Crippen molar-refractivity contribution in [2.24, 2.45) is 0 Å². The highest BCUT2D eigenvalue weighted by molar-refractivity contribution is 5.98. The molecule has 2 heteroatoms. The fourth-order valence-electron chi connectivity index (χ4n) is 2.13. The molecule has 0 aliphatic carbocycles. The first-order valence-corrected chi connectivity index (χ1v) is 5.64. The van der Waals surface area contributed by atoms with Crippen LogP contribution >= 0.6 is 0 Å². The van der Waals surface area contributed by atoms with Gasteiger partial charge in [0, 0.05) is 12.1 Å². The topological polar surface area (TPSA) is 29.1 Å². The van der Waals surface area contributed by atoms with Gasteiger partial charge in [-0.2, -0.15) is 0 Å². The summed E-state index contributed by atoms with van der Waals surface area (Å²) in [5.74, 6) is 0.566. The predicted octanol–water partition coefficient (Wildman–Crippen LogP) is 2.49. The van der Waals surface area contributed by atoms with E-state index in [1.54, 1.807) is 0 Å². The molecule has 1 unspecified atom stereocenters. The van der Waals surface area contributed by atoms with Crippen molar-refractivity contribution in [3.8, 4) is 0 Å². The molecular formula is C13H17NO. The predicted molar refractivity (Wildman–Crippen MR) is 61.2 cm³/mol. The van der Waals surface area contributed by atoms with Crippen molar-refractivity contribution < 1.29 is 4.79 Å². The lowest BCUT2D eigenvalue weighted by atomic mass is 9.88. The van der Waals surface area contributed by atoms with Crippen LogP contribution in [-0.4, -0.2) is 12.5 Å². The number of fused-ring (bicyclic) bond motifs is 1. The fraction of sp³-hybridized carbons (Fsp3) is 0.462. The minimum absolute atomic E-state index is 0.104. The molecule has 0 fully saturated rings. The number of nitrogens with one attached hydrogen (secondary N) is 1. The number of rotatable bonds is 2. The van der Waals surface area contributed by atoms with Gasteiger partial charge in [0.05, 0.1) is 0 Å². The van der Waals surface area contributed by atoms with Gasteiger partial charge in [-0.1, -0.05) is 32.0 Å². The van der Waals surface area contributed by atoms with E-state index in [1.807, 2.05) is 0 Å². The number of benzene rings is 1. The normalized spacial score (nSPS) is 16.8. The summed E-state index contributed by atoms with van der Waals surface area (Å²) in [6, 6.07) is 6.22. The summed E-state index contributed by atoms with van der Waals surface area (Å²) < 4.78 is 0. The number of carbonyl (C=O) groups is 1. The van der Waals surface area contributed by atoms with E-state index >= 15 is 0 Å². The molecule has 2 rings (SSSR count). The molecule has 1 atom stereocenters. The summed E-state index contributed by atoms with van der Waals surface area (Å²) in [5.41, 5.74) is 3.34. The molecule has 0 saturated heterocycles. The Labute approximate surface area is 90.7 Å². The number of carbonyl (C=O) groups excluding carboxylic acids is 1. The van der Waals surface area contributed by atoms with Crippen molar-refractivity contribution in [2.45, 2.75) is 32.6 Å². The third-order valence-corrected chi connectivity index (χ3v) is 3.23. The van der Waals surface area contributed by atoms with Crippen molar-refractivity contribution in [1.82, 2.24) is 5.32 Å². The average molecular weight is 203 g/mol. The highest BCUT2D eigenvalue weighted by Crippen LogP contribution is 2.26. The zero-order valence-electron chi connectivity index (χ0n) is 9.34. The molecule has 0 radical (unpaired) electrons. The molecule has 1 N–H and O–H groups in total. The van der Waals surface area contributed by atoms with E-state index < -0.39 is 0 Å². The zero-order chi connectivity index (χ0) is 10.8. The van der Waals surface area contributed by atoms with E-state index in [4.69, 9.17) is 0 Å². The number of hydrogen-bond acceptors (Lipinski definition) is 1. The first-order valence-electron chi connectivity index (χ1n) is 5.64. The van der Waals surface area contributed by atoms with Gasteiger partial charge in [-0.05, 0) is 29.9 Å². The second-order valence-electron chi connectivity index (χ2n) is 4.20. The smallest absolute Gasteiger partial charge is 0.251 e. The maximum absolute atomic E-state index is 11.8. The highest BCUT2D eigenvalue weighted by Gasteiger charge is 2.21. The van der Waals surface area contributed by atoms with E-state index in [0.29, 0.717) is 5.92 Å². The fourth-order valence-corrected chi connectivity index (χ4v) is 2.13. The van der Waals surface area contributed by atoms with Gasteiger partial charge in [-0.15, -0.1) is 0 Å². The Morgan fingerprint density at radius 1 is 1.47 bits per heavy atom. The zero-order valence-corrected chi connectivity index (χ0v) is 9.34. The summed E-state index contributed by atoms with van der Waals surface area (Å²) in [6.45, 7) is 5.11. The van der Waals surface area contributed by atoms with Gasteiger partial charge in [-0.25, -0.2) is 0 Å².